The number of nitrogens with zero attached hydrogens (tertiary/aromatic N) is 2. The molecule has 5 nitrogen and oxygen atoms in total. The van der Waals surface area contributed by atoms with Gasteiger partial charge in [0.1, 0.15) is 11.6 Å². The first-order valence-electron chi connectivity index (χ1n) is 8.79. The summed E-state index contributed by atoms with van der Waals surface area (Å²) in [5, 5.41) is 4.23. The molecule has 1 N–H and O–H groups in total. The molecule has 1 saturated heterocycles. The van der Waals surface area contributed by atoms with Gasteiger partial charge in [-0.2, -0.15) is 5.10 Å². The molecule has 3 rings (SSSR count). The zero-order valence-electron chi connectivity index (χ0n) is 15.5. The Morgan fingerprint density at radius 1 is 1.19 bits per heavy atom. The van der Waals surface area contributed by atoms with Crippen LogP contribution in [0.25, 0.3) is 0 Å². The summed E-state index contributed by atoms with van der Waals surface area (Å²) >= 11 is 0. The van der Waals surface area contributed by atoms with Gasteiger partial charge in [-0.15, -0.1) is 0 Å². The predicted molar refractivity (Wildman–Crippen MR) is 101 cm³/mol. The summed E-state index contributed by atoms with van der Waals surface area (Å²) in [5.74, 6) is -0.494. The van der Waals surface area contributed by atoms with E-state index in [1.54, 1.807) is 7.11 Å². The van der Waals surface area contributed by atoms with Crippen LogP contribution >= 0.6 is 0 Å². The highest BCUT2D eigenvalue weighted by Crippen LogP contribution is 2.23. The highest BCUT2D eigenvalue weighted by Gasteiger charge is 2.14. The fourth-order valence-corrected chi connectivity index (χ4v) is 2.92. The van der Waals surface area contributed by atoms with Gasteiger partial charge in [0.15, 0.2) is 5.82 Å². The van der Waals surface area contributed by atoms with Crippen LogP contribution in [0, 0.1) is 11.6 Å². The number of hydrogen-bond donors (Lipinski definition) is 1. The van der Waals surface area contributed by atoms with E-state index < -0.39 is 11.6 Å². The smallest absolute Gasteiger partial charge is 0.151 e. The molecule has 0 aromatic heterocycles. The molecule has 1 aliphatic heterocycles. The number of anilines is 1. The van der Waals surface area contributed by atoms with Gasteiger partial charge in [0.05, 0.1) is 31.7 Å². The molecule has 144 valence electrons. The number of morpholine rings is 1. The largest absolute Gasteiger partial charge is 0.496 e. The van der Waals surface area contributed by atoms with Gasteiger partial charge in [-0.3, -0.25) is 10.3 Å². The molecule has 2 aromatic carbocycles. The van der Waals surface area contributed by atoms with Crippen LogP contribution in [-0.4, -0.2) is 44.0 Å². The minimum atomic E-state index is -0.686. The van der Waals surface area contributed by atoms with Crippen molar-refractivity contribution in [3.05, 3.63) is 59.2 Å². The average Bonchev–Trinajstić information content (AvgIpc) is 2.68. The van der Waals surface area contributed by atoms with Crippen molar-refractivity contribution in [2.45, 2.75) is 13.5 Å². The van der Waals surface area contributed by atoms with Crippen LogP contribution in [0.4, 0.5) is 14.5 Å². The van der Waals surface area contributed by atoms with Crippen molar-refractivity contribution >= 4 is 11.4 Å². The predicted octanol–water partition coefficient (Wildman–Crippen LogP) is 3.64. The first-order chi connectivity index (χ1) is 13.1. The first-order valence-corrected chi connectivity index (χ1v) is 8.79. The van der Waals surface area contributed by atoms with E-state index in [4.69, 9.17) is 9.47 Å². The van der Waals surface area contributed by atoms with Crippen molar-refractivity contribution in [3.8, 4) is 5.75 Å². The van der Waals surface area contributed by atoms with E-state index in [-0.39, 0.29) is 5.69 Å². The van der Waals surface area contributed by atoms with Gasteiger partial charge in [-0.1, -0.05) is 0 Å². The Bertz CT molecular complexity index is 821. The SMILES string of the molecule is COc1ccc(/C(C)=N\Nc2ccc(F)cc2F)cc1CN1CCOCC1. The fraction of sp³-hybridized carbons (Fsp3) is 0.350. The number of halogens is 2. The highest BCUT2D eigenvalue weighted by molar-refractivity contribution is 5.99. The van der Waals surface area contributed by atoms with Gasteiger partial charge in [-0.05, 0) is 42.8 Å². The maximum atomic E-state index is 13.7. The van der Waals surface area contributed by atoms with E-state index in [2.05, 4.69) is 15.4 Å². The summed E-state index contributed by atoms with van der Waals surface area (Å²) in [6, 6.07) is 9.16. The van der Waals surface area contributed by atoms with Crippen LogP contribution in [0.3, 0.4) is 0 Å². The third-order valence-electron chi connectivity index (χ3n) is 4.47. The lowest BCUT2D eigenvalue weighted by Crippen LogP contribution is -2.35. The molecule has 1 aliphatic rings. The van der Waals surface area contributed by atoms with Gasteiger partial charge < -0.3 is 9.47 Å². The molecule has 2 aromatic rings. The van der Waals surface area contributed by atoms with Crippen molar-refractivity contribution in [2.75, 3.05) is 38.8 Å². The van der Waals surface area contributed by atoms with Crippen LogP contribution in [0.15, 0.2) is 41.5 Å². The van der Waals surface area contributed by atoms with E-state index in [9.17, 15) is 8.78 Å². The topological polar surface area (TPSA) is 46.1 Å². The molecule has 1 heterocycles. The molecule has 0 spiro atoms. The average molecular weight is 375 g/mol. The molecule has 0 saturated carbocycles. The Kier molecular flexibility index (Phi) is 6.36. The minimum Gasteiger partial charge on any atom is -0.496 e. The molecule has 0 amide bonds. The Hall–Kier alpha value is -2.51. The van der Waals surface area contributed by atoms with Crippen LogP contribution in [-0.2, 0) is 11.3 Å². The fourth-order valence-electron chi connectivity index (χ4n) is 2.92. The van der Waals surface area contributed by atoms with Crippen LogP contribution < -0.4 is 10.2 Å². The number of nitrogens with one attached hydrogen (secondary N) is 1. The molecular weight excluding hydrogens is 352 g/mol. The molecule has 0 bridgehead atoms. The third-order valence-corrected chi connectivity index (χ3v) is 4.47. The Balaban J connectivity index is 1.77. The normalized spacial score (nSPS) is 15.6. The molecule has 27 heavy (non-hydrogen) atoms. The maximum Gasteiger partial charge on any atom is 0.151 e. The monoisotopic (exact) mass is 375 g/mol. The Morgan fingerprint density at radius 3 is 2.67 bits per heavy atom. The molecule has 0 unspecified atom stereocenters. The molecule has 0 aliphatic carbocycles. The lowest BCUT2D eigenvalue weighted by atomic mass is 10.1. The quantitative estimate of drug-likeness (QED) is 0.619. The van der Waals surface area contributed by atoms with Crippen molar-refractivity contribution < 1.29 is 18.3 Å². The number of methoxy groups -OCH3 is 1. The van der Waals surface area contributed by atoms with Gasteiger partial charge in [-0.25, -0.2) is 8.78 Å². The first kappa shape index (κ1) is 19.3. The van der Waals surface area contributed by atoms with E-state index in [1.165, 1.54) is 12.1 Å². The van der Waals surface area contributed by atoms with Crippen molar-refractivity contribution in [1.29, 1.82) is 0 Å². The zero-order valence-corrected chi connectivity index (χ0v) is 15.5. The van der Waals surface area contributed by atoms with E-state index in [0.29, 0.717) is 5.71 Å². The molecule has 7 heteroatoms. The van der Waals surface area contributed by atoms with Gasteiger partial charge >= 0.3 is 0 Å². The maximum absolute atomic E-state index is 13.7. The summed E-state index contributed by atoms with van der Waals surface area (Å²) in [6.07, 6.45) is 0. The lowest BCUT2D eigenvalue weighted by molar-refractivity contribution is 0.0339. The van der Waals surface area contributed by atoms with Crippen molar-refractivity contribution in [2.24, 2.45) is 5.10 Å². The van der Waals surface area contributed by atoms with Crippen LogP contribution in [0.5, 0.6) is 5.75 Å². The summed E-state index contributed by atoms with van der Waals surface area (Å²) in [6.45, 7) is 5.81. The highest BCUT2D eigenvalue weighted by atomic mass is 19.1. The second-order valence-corrected chi connectivity index (χ2v) is 6.35. The number of rotatable bonds is 6. The lowest BCUT2D eigenvalue weighted by Gasteiger charge is -2.27. The molecular formula is C20H23F2N3O2. The van der Waals surface area contributed by atoms with E-state index in [1.807, 2.05) is 25.1 Å². The Morgan fingerprint density at radius 2 is 1.96 bits per heavy atom. The summed E-state index contributed by atoms with van der Waals surface area (Å²) < 4.78 is 37.6. The minimum absolute atomic E-state index is 0.123. The molecule has 0 radical (unpaired) electrons. The third kappa shape index (κ3) is 5.02. The van der Waals surface area contributed by atoms with E-state index >= 15 is 0 Å². The van der Waals surface area contributed by atoms with Crippen LogP contribution in [0.1, 0.15) is 18.1 Å². The number of benzene rings is 2. The molecule has 1 fully saturated rings. The van der Waals surface area contributed by atoms with E-state index in [0.717, 1.165) is 55.8 Å². The standard InChI is InChI=1S/C20H23F2N3O2/c1-14(23-24-19-5-4-17(21)12-18(19)22)15-3-6-20(26-2)16(11-15)13-25-7-9-27-10-8-25/h3-6,11-12,24H,7-10,13H2,1-2H3/b23-14-. The summed E-state index contributed by atoms with van der Waals surface area (Å²) in [5.41, 5.74) is 5.42. The summed E-state index contributed by atoms with van der Waals surface area (Å²) in [7, 11) is 1.65. The van der Waals surface area contributed by atoms with Gasteiger partial charge in [0.2, 0.25) is 0 Å². The van der Waals surface area contributed by atoms with Crippen molar-refractivity contribution in [1.82, 2.24) is 4.90 Å². The van der Waals surface area contributed by atoms with Gasteiger partial charge in [0, 0.05) is 31.3 Å². The van der Waals surface area contributed by atoms with Crippen molar-refractivity contribution in [3.63, 3.8) is 0 Å². The molecule has 0 atom stereocenters. The number of hydrogen-bond acceptors (Lipinski definition) is 5. The van der Waals surface area contributed by atoms with Crippen LogP contribution in [0.2, 0.25) is 0 Å². The second kappa shape index (κ2) is 8.92. The number of hydrazone groups is 1. The summed E-state index contributed by atoms with van der Waals surface area (Å²) in [4.78, 5) is 2.31. The zero-order chi connectivity index (χ0) is 19.2. The second-order valence-electron chi connectivity index (χ2n) is 6.35. The Labute approximate surface area is 157 Å². The number of ether oxygens (including phenoxy) is 2. The van der Waals surface area contributed by atoms with Gasteiger partial charge in [0.25, 0.3) is 0 Å².